The van der Waals surface area contributed by atoms with E-state index >= 15 is 0 Å². The maximum atomic E-state index is 8.31. The number of thiocyanates is 1. The fourth-order valence-electron chi connectivity index (χ4n) is 0.634. The SMILES string of the molecule is N#CSc1ccc([N+]#N)cc1. The lowest BCUT2D eigenvalue weighted by Crippen LogP contribution is -1.65. The van der Waals surface area contributed by atoms with Gasteiger partial charge in [0.05, 0.1) is 0 Å². The summed E-state index contributed by atoms with van der Waals surface area (Å²) in [6.45, 7) is 0. The van der Waals surface area contributed by atoms with Gasteiger partial charge in [0.1, 0.15) is 5.40 Å². The summed E-state index contributed by atoms with van der Waals surface area (Å²) in [7, 11) is 0. The minimum absolute atomic E-state index is 0.493. The third kappa shape index (κ3) is 1.96. The van der Waals surface area contributed by atoms with Crippen LogP contribution in [-0.4, -0.2) is 0 Å². The molecule has 1 aromatic rings. The predicted molar refractivity (Wildman–Crippen MR) is 42.7 cm³/mol. The van der Waals surface area contributed by atoms with E-state index in [9.17, 15) is 0 Å². The maximum Gasteiger partial charge on any atom is 0.385 e. The minimum atomic E-state index is 0.493. The molecule has 0 aliphatic carbocycles. The van der Waals surface area contributed by atoms with Crippen LogP contribution in [-0.2, 0) is 0 Å². The second-order valence-corrected chi connectivity index (χ2v) is 2.65. The normalized spacial score (nSPS) is 8.18. The van der Waals surface area contributed by atoms with Gasteiger partial charge in [-0.2, -0.15) is 5.26 Å². The molecule has 4 heteroatoms. The average Bonchev–Trinajstić information content (AvgIpc) is 2.07. The van der Waals surface area contributed by atoms with Crippen molar-refractivity contribution in [2.45, 2.75) is 4.90 Å². The van der Waals surface area contributed by atoms with Crippen molar-refractivity contribution in [3.8, 4) is 5.40 Å². The van der Waals surface area contributed by atoms with Gasteiger partial charge >= 0.3 is 5.69 Å². The van der Waals surface area contributed by atoms with Crippen LogP contribution in [0.1, 0.15) is 0 Å². The van der Waals surface area contributed by atoms with Gasteiger partial charge in [-0.25, -0.2) is 0 Å². The summed E-state index contributed by atoms with van der Waals surface area (Å²) < 4.78 is 0. The highest BCUT2D eigenvalue weighted by molar-refractivity contribution is 8.03. The molecule has 0 aromatic heterocycles. The summed E-state index contributed by atoms with van der Waals surface area (Å²) >= 11 is 1.08. The molecule has 0 N–H and O–H groups in total. The van der Waals surface area contributed by atoms with Crippen LogP contribution in [0.5, 0.6) is 0 Å². The maximum absolute atomic E-state index is 8.31. The second kappa shape index (κ2) is 3.60. The summed E-state index contributed by atoms with van der Waals surface area (Å²) in [5, 5.41) is 18.5. The highest BCUT2D eigenvalue weighted by Crippen LogP contribution is 2.20. The Kier molecular flexibility index (Phi) is 2.48. The third-order valence-corrected chi connectivity index (χ3v) is 1.71. The van der Waals surface area contributed by atoms with Crippen molar-refractivity contribution < 1.29 is 0 Å². The number of thioether (sulfide) groups is 1. The molecule has 0 aliphatic heterocycles. The Balaban J connectivity index is 2.87. The molecule has 0 amide bonds. The van der Waals surface area contributed by atoms with Gasteiger partial charge in [0, 0.05) is 17.0 Å². The molecular formula is C7H4N3S+. The zero-order chi connectivity index (χ0) is 8.10. The molecule has 1 aromatic carbocycles. The van der Waals surface area contributed by atoms with Crippen molar-refractivity contribution in [2.75, 3.05) is 0 Å². The second-order valence-electron chi connectivity index (χ2n) is 1.79. The number of rotatable bonds is 1. The summed E-state index contributed by atoms with van der Waals surface area (Å²) in [6, 6.07) is 6.73. The molecule has 0 saturated carbocycles. The molecule has 0 atom stereocenters. The van der Waals surface area contributed by atoms with E-state index < -0.39 is 0 Å². The first-order valence-corrected chi connectivity index (χ1v) is 3.69. The van der Waals surface area contributed by atoms with Gasteiger partial charge in [-0.3, -0.25) is 0 Å². The minimum Gasteiger partial charge on any atom is -0.185 e. The number of nitriles is 1. The molecule has 0 unspecified atom stereocenters. The van der Waals surface area contributed by atoms with Crippen LogP contribution >= 0.6 is 11.8 Å². The van der Waals surface area contributed by atoms with E-state index in [0.29, 0.717) is 5.69 Å². The van der Waals surface area contributed by atoms with Gasteiger partial charge < -0.3 is 0 Å². The van der Waals surface area contributed by atoms with Crippen molar-refractivity contribution >= 4 is 17.4 Å². The molecule has 0 saturated heterocycles. The number of nitrogens with zero attached hydrogens (tertiary/aromatic N) is 3. The van der Waals surface area contributed by atoms with E-state index in [1.54, 1.807) is 24.3 Å². The van der Waals surface area contributed by atoms with Gasteiger partial charge in [0.15, 0.2) is 4.98 Å². The first-order chi connectivity index (χ1) is 5.36. The summed E-state index contributed by atoms with van der Waals surface area (Å²) in [4.78, 5) is 3.83. The summed E-state index contributed by atoms with van der Waals surface area (Å²) in [6.07, 6.45) is 0. The molecule has 0 aliphatic rings. The molecule has 0 fully saturated rings. The van der Waals surface area contributed by atoms with Crippen LogP contribution in [0.2, 0.25) is 0 Å². The van der Waals surface area contributed by atoms with Crippen molar-refractivity contribution in [3.05, 3.63) is 29.2 Å². The fourth-order valence-corrected chi connectivity index (χ4v) is 1.01. The topological polar surface area (TPSA) is 51.9 Å². The zero-order valence-electron chi connectivity index (χ0n) is 5.56. The molecule has 0 heterocycles. The van der Waals surface area contributed by atoms with Crippen molar-refractivity contribution in [1.29, 1.82) is 10.7 Å². The van der Waals surface area contributed by atoms with E-state index in [2.05, 4.69) is 4.98 Å². The van der Waals surface area contributed by atoms with E-state index in [4.69, 9.17) is 10.7 Å². The lowest BCUT2D eigenvalue weighted by atomic mass is 10.3. The summed E-state index contributed by atoms with van der Waals surface area (Å²) in [5.41, 5.74) is 0.493. The first-order valence-electron chi connectivity index (χ1n) is 2.88. The monoisotopic (exact) mass is 162 g/mol. The van der Waals surface area contributed by atoms with Gasteiger partial charge in [-0.1, -0.05) is 0 Å². The van der Waals surface area contributed by atoms with Gasteiger partial charge in [0.2, 0.25) is 5.39 Å². The molecule has 1 rings (SSSR count). The number of hydrogen-bond donors (Lipinski definition) is 0. The van der Waals surface area contributed by atoms with E-state index in [1.807, 2.05) is 5.40 Å². The average molecular weight is 162 g/mol. The van der Waals surface area contributed by atoms with Crippen molar-refractivity contribution in [1.82, 2.24) is 0 Å². The zero-order valence-corrected chi connectivity index (χ0v) is 6.38. The number of diazo groups is 1. The molecule has 0 spiro atoms. The Bertz CT molecular complexity index is 317. The largest absolute Gasteiger partial charge is 0.385 e. The van der Waals surface area contributed by atoms with Crippen LogP contribution < -0.4 is 0 Å². The standard InChI is InChI=1S/C7H4N3S/c8-5-11-7-3-1-6(10-9)2-4-7/h1-4H/q+1. The van der Waals surface area contributed by atoms with Crippen LogP contribution in [0.4, 0.5) is 5.69 Å². The Labute approximate surface area is 68.3 Å². The number of benzene rings is 1. The Hall–Kier alpha value is -1.52. The molecule has 52 valence electrons. The Morgan fingerprint density at radius 2 is 1.91 bits per heavy atom. The lowest BCUT2D eigenvalue weighted by Gasteiger charge is -1.85. The molecule has 3 nitrogen and oxygen atoms in total. The van der Waals surface area contributed by atoms with Gasteiger partial charge in [-0.15, -0.1) is 0 Å². The Morgan fingerprint density at radius 3 is 2.36 bits per heavy atom. The van der Waals surface area contributed by atoms with Crippen LogP contribution in [0.3, 0.4) is 0 Å². The highest BCUT2D eigenvalue weighted by Gasteiger charge is 2.01. The molecular weight excluding hydrogens is 158 g/mol. The van der Waals surface area contributed by atoms with Crippen LogP contribution in [0.25, 0.3) is 4.98 Å². The predicted octanol–water partition coefficient (Wildman–Crippen LogP) is 2.74. The van der Waals surface area contributed by atoms with E-state index in [-0.39, 0.29) is 0 Å². The smallest absolute Gasteiger partial charge is 0.185 e. The van der Waals surface area contributed by atoms with E-state index in [0.717, 1.165) is 16.7 Å². The molecule has 0 radical (unpaired) electrons. The van der Waals surface area contributed by atoms with E-state index in [1.165, 1.54) is 0 Å². The lowest BCUT2D eigenvalue weighted by molar-refractivity contribution is 1.43. The van der Waals surface area contributed by atoms with Crippen LogP contribution in [0.15, 0.2) is 29.2 Å². The highest BCUT2D eigenvalue weighted by atomic mass is 32.2. The van der Waals surface area contributed by atoms with Gasteiger partial charge in [0.25, 0.3) is 0 Å². The summed E-state index contributed by atoms with van der Waals surface area (Å²) in [5.74, 6) is 0. The quantitative estimate of drug-likeness (QED) is 0.362. The van der Waals surface area contributed by atoms with Gasteiger partial charge in [-0.05, 0) is 23.9 Å². The molecule has 0 bridgehead atoms. The Morgan fingerprint density at radius 1 is 1.27 bits per heavy atom. The fraction of sp³-hybridized carbons (Fsp3) is 0. The van der Waals surface area contributed by atoms with Crippen molar-refractivity contribution in [2.24, 2.45) is 0 Å². The molecule has 11 heavy (non-hydrogen) atoms. The first kappa shape index (κ1) is 7.59. The van der Waals surface area contributed by atoms with Crippen molar-refractivity contribution in [3.63, 3.8) is 0 Å². The third-order valence-electron chi connectivity index (χ3n) is 1.12. The van der Waals surface area contributed by atoms with Crippen LogP contribution in [0, 0.1) is 16.1 Å². The number of hydrogen-bond acceptors (Lipinski definition) is 3.